The Morgan fingerprint density at radius 2 is 1.88 bits per heavy atom. The van der Waals surface area contributed by atoms with Gasteiger partial charge in [0, 0.05) is 17.0 Å². The van der Waals surface area contributed by atoms with Crippen molar-refractivity contribution in [3.8, 4) is 0 Å². The minimum atomic E-state index is -0.558. The maximum atomic E-state index is 12.5. The molecule has 0 fully saturated rings. The fourth-order valence-electron chi connectivity index (χ4n) is 3.01. The van der Waals surface area contributed by atoms with Crippen LogP contribution in [0.2, 0.25) is 0 Å². The Hall–Kier alpha value is -3.02. The van der Waals surface area contributed by atoms with Crippen LogP contribution in [0.25, 0.3) is 0 Å². The number of hydrogen-bond acceptors (Lipinski definition) is 5. The maximum Gasteiger partial charge on any atom is 0.342 e. The molecule has 0 aromatic carbocycles. The van der Waals surface area contributed by atoms with E-state index in [2.05, 4.69) is 0 Å². The summed E-state index contributed by atoms with van der Waals surface area (Å²) in [5, 5.41) is 0. The summed E-state index contributed by atoms with van der Waals surface area (Å²) in [6.07, 6.45) is 1.62. The van der Waals surface area contributed by atoms with E-state index in [1.807, 2.05) is 36.6 Å². The third-order valence-electron chi connectivity index (χ3n) is 4.36. The number of aromatic nitrogens is 1. The van der Waals surface area contributed by atoms with E-state index in [0.29, 0.717) is 29.2 Å². The maximum absolute atomic E-state index is 12.5. The second-order valence-corrected chi connectivity index (χ2v) is 6.28. The second kappa shape index (κ2) is 7.07. The molecule has 0 aliphatic carbocycles. The summed E-state index contributed by atoms with van der Waals surface area (Å²) in [6.45, 7) is 7.47. The van der Waals surface area contributed by atoms with Crippen LogP contribution in [-0.4, -0.2) is 22.9 Å². The Labute approximate surface area is 151 Å². The molecule has 6 heteroatoms. The fourth-order valence-corrected chi connectivity index (χ4v) is 3.01. The van der Waals surface area contributed by atoms with E-state index in [-0.39, 0.29) is 12.4 Å². The lowest BCUT2D eigenvalue weighted by molar-refractivity contribution is 0.0472. The van der Waals surface area contributed by atoms with Gasteiger partial charge in [-0.2, -0.15) is 0 Å². The van der Waals surface area contributed by atoms with E-state index in [4.69, 9.17) is 13.6 Å². The summed E-state index contributed by atoms with van der Waals surface area (Å²) < 4.78 is 17.9. The highest BCUT2D eigenvalue weighted by Gasteiger charge is 2.20. The van der Waals surface area contributed by atoms with Crippen LogP contribution in [0.4, 0.5) is 0 Å². The van der Waals surface area contributed by atoms with Crippen molar-refractivity contribution >= 4 is 11.8 Å². The smallest absolute Gasteiger partial charge is 0.342 e. The summed E-state index contributed by atoms with van der Waals surface area (Å²) in [5.41, 5.74) is 2.64. The highest BCUT2D eigenvalue weighted by Crippen LogP contribution is 2.19. The molecule has 3 heterocycles. The number of carbonyl (C=O) groups excluding carboxylic acids is 2. The summed E-state index contributed by atoms with van der Waals surface area (Å²) >= 11 is 0. The molecule has 0 radical (unpaired) electrons. The number of aryl methyl sites for hydroxylation is 3. The Morgan fingerprint density at radius 1 is 1.12 bits per heavy atom. The van der Waals surface area contributed by atoms with Gasteiger partial charge in [-0.3, -0.25) is 4.79 Å². The van der Waals surface area contributed by atoms with Crippen LogP contribution in [0.1, 0.15) is 49.4 Å². The number of nitrogens with zero attached hydrogens (tertiary/aromatic N) is 1. The van der Waals surface area contributed by atoms with E-state index in [9.17, 15) is 9.59 Å². The zero-order chi connectivity index (χ0) is 18.8. The molecular formula is C20H21NO5. The van der Waals surface area contributed by atoms with E-state index >= 15 is 0 Å². The van der Waals surface area contributed by atoms with Crippen molar-refractivity contribution in [3.63, 3.8) is 0 Å². The topological polar surface area (TPSA) is 74.6 Å². The first-order chi connectivity index (χ1) is 12.4. The minimum absolute atomic E-state index is 0.241. The van der Waals surface area contributed by atoms with Crippen LogP contribution < -0.4 is 0 Å². The third-order valence-corrected chi connectivity index (χ3v) is 4.36. The standard InChI is InChI=1S/C20H21NO5/c1-12-8-17(14(3)21(12)10-16-6-5-7-24-16)19(22)11-25-20(23)18-9-13(2)26-15(18)4/h5-9H,10-11H2,1-4H3. The summed E-state index contributed by atoms with van der Waals surface area (Å²) in [7, 11) is 0. The minimum Gasteiger partial charge on any atom is -0.467 e. The van der Waals surface area contributed by atoms with Crippen molar-refractivity contribution in [3.05, 3.63) is 70.3 Å². The van der Waals surface area contributed by atoms with Crippen molar-refractivity contribution in [1.82, 2.24) is 4.57 Å². The zero-order valence-corrected chi connectivity index (χ0v) is 15.3. The van der Waals surface area contributed by atoms with Gasteiger partial charge in [-0.1, -0.05) is 0 Å². The molecule has 6 nitrogen and oxygen atoms in total. The first kappa shape index (κ1) is 17.8. The summed E-state index contributed by atoms with van der Waals surface area (Å²) in [4.78, 5) is 24.7. The molecule has 0 spiro atoms. The molecule has 0 aliphatic rings. The lowest BCUT2D eigenvalue weighted by Crippen LogP contribution is -2.15. The number of hydrogen-bond donors (Lipinski definition) is 0. The van der Waals surface area contributed by atoms with Gasteiger partial charge in [0.1, 0.15) is 22.8 Å². The molecule has 26 heavy (non-hydrogen) atoms. The van der Waals surface area contributed by atoms with Gasteiger partial charge in [0.15, 0.2) is 6.61 Å². The molecule has 0 amide bonds. The highest BCUT2D eigenvalue weighted by atomic mass is 16.5. The molecule has 0 saturated heterocycles. The Bertz CT molecular complexity index is 943. The van der Waals surface area contributed by atoms with Crippen molar-refractivity contribution in [2.24, 2.45) is 0 Å². The first-order valence-electron chi connectivity index (χ1n) is 8.33. The van der Waals surface area contributed by atoms with Crippen LogP contribution in [0.5, 0.6) is 0 Å². The number of rotatable bonds is 6. The fraction of sp³-hybridized carbons (Fsp3) is 0.300. The summed E-state index contributed by atoms with van der Waals surface area (Å²) in [5.74, 6) is 1.12. The van der Waals surface area contributed by atoms with Gasteiger partial charge in [0.2, 0.25) is 5.78 Å². The van der Waals surface area contributed by atoms with Gasteiger partial charge >= 0.3 is 5.97 Å². The van der Waals surface area contributed by atoms with Crippen molar-refractivity contribution in [2.45, 2.75) is 34.2 Å². The predicted octanol–water partition coefficient (Wildman–Crippen LogP) is 4.00. The van der Waals surface area contributed by atoms with Gasteiger partial charge in [-0.15, -0.1) is 0 Å². The molecule has 3 aromatic rings. The van der Waals surface area contributed by atoms with Gasteiger partial charge < -0.3 is 18.1 Å². The van der Waals surface area contributed by atoms with E-state index < -0.39 is 5.97 Å². The number of Topliss-reactive ketones (excluding diaryl/α,β-unsaturated/α-hetero) is 1. The van der Waals surface area contributed by atoms with Crippen LogP contribution in [0, 0.1) is 27.7 Å². The van der Waals surface area contributed by atoms with Crippen molar-refractivity contribution < 1.29 is 23.2 Å². The van der Waals surface area contributed by atoms with E-state index in [0.717, 1.165) is 17.1 Å². The zero-order valence-electron chi connectivity index (χ0n) is 15.3. The lowest BCUT2D eigenvalue weighted by atomic mass is 10.1. The quantitative estimate of drug-likeness (QED) is 0.493. The number of ketones is 1. The molecule has 3 aromatic heterocycles. The molecule has 0 N–H and O–H groups in total. The van der Waals surface area contributed by atoms with Gasteiger partial charge in [0.25, 0.3) is 0 Å². The predicted molar refractivity (Wildman–Crippen MR) is 94.5 cm³/mol. The van der Waals surface area contributed by atoms with Crippen LogP contribution >= 0.6 is 0 Å². The number of carbonyl (C=O) groups is 2. The van der Waals surface area contributed by atoms with Gasteiger partial charge in [-0.05, 0) is 52.0 Å². The molecule has 0 unspecified atom stereocenters. The van der Waals surface area contributed by atoms with Gasteiger partial charge in [0.05, 0.1) is 12.8 Å². The van der Waals surface area contributed by atoms with E-state index in [1.54, 1.807) is 26.2 Å². The van der Waals surface area contributed by atoms with Crippen molar-refractivity contribution in [1.29, 1.82) is 0 Å². The SMILES string of the molecule is Cc1cc(C(=O)OCC(=O)c2cc(C)n(Cc3ccco3)c2C)c(C)o1. The summed E-state index contributed by atoms with van der Waals surface area (Å²) in [6, 6.07) is 7.13. The van der Waals surface area contributed by atoms with E-state index in [1.165, 1.54) is 0 Å². The van der Waals surface area contributed by atoms with Crippen LogP contribution in [0.15, 0.2) is 39.4 Å². The monoisotopic (exact) mass is 355 g/mol. The van der Waals surface area contributed by atoms with Crippen LogP contribution in [0.3, 0.4) is 0 Å². The average Bonchev–Trinajstić information content (AvgIpc) is 3.29. The van der Waals surface area contributed by atoms with Gasteiger partial charge in [-0.25, -0.2) is 4.79 Å². The third kappa shape index (κ3) is 3.49. The molecule has 0 atom stereocenters. The molecule has 0 bridgehead atoms. The number of esters is 1. The van der Waals surface area contributed by atoms with Crippen molar-refractivity contribution in [2.75, 3.05) is 6.61 Å². The first-order valence-corrected chi connectivity index (χ1v) is 8.33. The highest BCUT2D eigenvalue weighted by molar-refractivity contribution is 6.00. The second-order valence-electron chi connectivity index (χ2n) is 6.28. The Balaban J connectivity index is 1.70. The largest absolute Gasteiger partial charge is 0.467 e. The molecule has 3 rings (SSSR count). The lowest BCUT2D eigenvalue weighted by Gasteiger charge is -2.08. The Kier molecular flexibility index (Phi) is 4.84. The Morgan fingerprint density at radius 3 is 2.50 bits per heavy atom. The molecule has 136 valence electrons. The average molecular weight is 355 g/mol. The number of ether oxygens (including phenoxy) is 1. The van der Waals surface area contributed by atoms with Crippen LogP contribution in [-0.2, 0) is 11.3 Å². The number of furan rings is 2. The normalized spacial score (nSPS) is 10.9. The molecule has 0 saturated carbocycles. The molecule has 0 aliphatic heterocycles. The molecular weight excluding hydrogens is 334 g/mol.